The maximum absolute atomic E-state index is 13.5. The Labute approximate surface area is 241 Å². The van der Waals surface area contributed by atoms with Crippen molar-refractivity contribution in [2.75, 3.05) is 37.4 Å². The summed E-state index contributed by atoms with van der Waals surface area (Å²) in [5, 5.41) is 6.28. The summed E-state index contributed by atoms with van der Waals surface area (Å²) < 4.78 is 12.0. The van der Waals surface area contributed by atoms with Gasteiger partial charge in [-0.15, -0.1) is 0 Å². The second-order valence-corrected chi connectivity index (χ2v) is 10.4. The number of anilines is 3. The summed E-state index contributed by atoms with van der Waals surface area (Å²) in [6.07, 6.45) is 3.83. The molecule has 8 nitrogen and oxygen atoms in total. The van der Waals surface area contributed by atoms with Gasteiger partial charge in [-0.05, 0) is 101 Å². The van der Waals surface area contributed by atoms with E-state index in [-0.39, 0.29) is 17.4 Å². The Morgan fingerprint density at radius 1 is 0.951 bits per heavy atom. The molecule has 0 unspecified atom stereocenters. The molecule has 0 radical (unpaired) electrons. The summed E-state index contributed by atoms with van der Waals surface area (Å²) in [5.74, 6) is 1.69. The molecular weight excluding hydrogens is 514 g/mol. The number of carbonyl (C=O) groups excluding carboxylic acids is 1. The number of hydrogen-bond acceptors (Lipinski definition) is 7. The third kappa shape index (κ3) is 6.84. The van der Waals surface area contributed by atoms with E-state index in [0.29, 0.717) is 30.0 Å². The largest absolute Gasteiger partial charge is 0.490 e. The van der Waals surface area contributed by atoms with Crippen molar-refractivity contribution in [2.24, 2.45) is 0 Å². The van der Waals surface area contributed by atoms with Crippen molar-refractivity contribution in [2.45, 2.75) is 39.5 Å². The fourth-order valence-corrected chi connectivity index (χ4v) is 5.08. The summed E-state index contributed by atoms with van der Waals surface area (Å²) in [7, 11) is 2.18. The highest BCUT2D eigenvalue weighted by Gasteiger charge is 2.21. The molecule has 5 rings (SSSR count). The Morgan fingerprint density at radius 3 is 2.32 bits per heavy atom. The molecule has 212 valence electrons. The van der Waals surface area contributed by atoms with Crippen molar-refractivity contribution in [3.63, 3.8) is 0 Å². The van der Waals surface area contributed by atoms with E-state index in [1.165, 1.54) is 24.6 Å². The first-order valence-corrected chi connectivity index (χ1v) is 14.1. The highest BCUT2D eigenvalue weighted by molar-refractivity contribution is 6.06. The van der Waals surface area contributed by atoms with E-state index in [9.17, 15) is 4.79 Å². The lowest BCUT2D eigenvalue weighted by atomic mass is 9.89. The van der Waals surface area contributed by atoms with E-state index in [1.807, 2.05) is 69.3 Å². The highest BCUT2D eigenvalue weighted by atomic mass is 16.5. The molecule has 0 atom stereocenters. The average molecular weight is 552 g/mol. The minimum atomic E-state index is -0.361. The number of aromatic nitrogens is 2. The average Bonchev–Trinajstić information content (AvgIpc) is 2.97. The van der Waals surface area contributed by atoms with Crippen molar-refractivity contribution in [1.82, 2.24) is 14.9 Å². The summed E-state index contributed by atoms with van der Waals surface area (Å²) in [6, 6.07) is 21.6. The van der Waals surface area contributed by atoms with E-state index < -0.39 is 0 Å². The first kappa shape index (κ1) is 28.1. The zero-order valence-corrected chi connectivity index (χ0v) is 24.1. The lowest BCUT2D eigenvalue weighted by molar-refractivity contribution is 0.102. The number of ether oxygens (including phenoxy) is 2. The number of likely N-dealkylation sites (tertiary alicyclic amines) is 1. The van der Waals surface area contributed by atoms with Crippen LogP contribution in [0.15, 0.2) is 72.9 Å². The minimum absolute atomic E-state index is 0.126. The van der Waals surface area contributed by atoms with E-state index in [4.69, 9.17) is 9.47 Å². The molecule has 41 heavy (non-hydrogen) atoms. The van der Waals surface area contributed by atoms with Crippen molar-refractivity contribution in [1.29, 1.82) is 0 Å². The monoisotopic (exact) mass is 551 g/mol. The summed E-state index contributed by atoms with van der Waals surface area (Å²) in [6.45, 7) is 8.54. The number of carbonyl (C=O) groups is 1. The van der Waals surface area contributed by atoms with Gasteiger partial charge in [-0.25, -0.2) is 4.98 Å². The summed E-state index contributed by atoms with van der Waals surface area (Å²) in [4.78, 5) is 25.0. The van der Waals surface area contributed by atoms with Gasteiger partial charge in [0.05, 0.1) is 6.61 Å². The predicted molar refractivity (Wildman–Crippen MR) is 163 cm³/mol. The van der Waals surface area contributed by atoms with Gasteiger partial charge in [0, 0.05) is 17.6 Å². The highest BCUT2D eigenvalue weighted by Crippen LogP contribution is 2.34. The Bertz CT molecular complexity index is 1480. The van der Waals surface area contributed by atoms with E-state index in [2.05, 4.69) is 44.7 Å². The van der Waals surface area contributed by atoms with Crippen LogP contribution in [0, 0.1) is 13.8 Å². The van der Waals surface area contributed by atoms with Crippen LogP contribution in [-0.2, 0) is 0 Å². The normalized spacial score (nSPS) is 14.0. The van der Waals surface area contributed by atoms with Gasteiger partial charge in [-0.1, -0.05) is 42.5 Å². The number of benzene rings is 3. The molecule has 0 saturated carbocycles. The van der Waals surface area contributed by atoms with Gasteiger partial charge in [0.2, 0.25) is 11.8 Å². The van der Waals surface area contributed by atoms with Gasteiger partial charge in [0.25, 0.3) is 5.91 Å². The van der Waals surface area contributed by atoms with Gasteiger partial charge in [-0.2, -0.15) is 4.98 Å². The Kier molecular flexibility index (Phi) is 8.79. The fraction of sp³-hybridized carbons (Fsp3) is 0.303. The Morgan fingerprint density at radius 2 is 1.63 bits per heavy atom. The van der Waals surface area contributed by atoms with E-state index in [1.54, 1.807) is 6.07 Å². The zero-order chi connectivity index (χ0) is 28.8. The fourth-order valence-electron chi connectivity index (χ4n) is 5.08. The van der Waals surface area contributed by atoms with Crippen LogP contribution >= 0.6 is 0 Å². The van der Waals surface area contributed by atoms with Gasteiger partial charge in [0.1, 0.15) is 5.56 Å². The lowest BCUT2D eigenvalue weighted by Gasteiger charge is -2.29. The second kappa shape index (κ2) is 12.8. The van der Waals surface area contributed by atoms with Crippen molar-refractivity contribution in [3.05, 3.63) is 95.2 Å². The van der Waals surface area contributed by atoms with Crippen LogP contribution < -0.4 is 20.1 Å². The molecule has 1 saturated heterocycles. The number of nitrogens with zero attached hydrogens (tertiary/aromatic N) is 3. The number of para-hydroxylation sites is 3. The van der Waals surface area contributed by atoms with Crippen molar-refractivity contribution < 1.29 is 14.3 Å². The van der Waals surface area contributed by atoms with Crippen molar-refractivity contribution in [3.8, 4) is 17.4 Å². The number of amides is 1. The lowest BCUT2D eigenvalue weighted by Crippen LogP contribution is -2.29. The smallest absolute Gasteiger partial charge is 0.262 e. The first-order valence-electron chi connectivity index (χ1n) is 14.1. The maximum atomic E-state index is 13.5. The summed E-state index contributed by atoms with van der Waals surface area (Å²) in [5.41, 5.74) is 5.10. The van der Waals surface area contributed by atoms with Crippen LogP contribution in [0.2, 0.25) is 0 Å². The predicted octanol–water partition coefficient (Wildman–Crippen LogP) is 7.09. The Balaban J connectivity index is 1.42. The zero-order valence-electron chi connectivity index (χ0n) is 24.1. The molecule has 8 heteroatoms. The van der Waals surface area contributed by atoms with Gasteiger partial charge < -0.3 is 25.0 Å². The van der Waals surface area contributed by atoms with Crippen LogP contribution in [0.3, 0.4) is 0 Å². The maximum Gasteiger partial charge on any atom is 0.262 e. The van der Waals surface area contributed by atoms with Gasteiger partial charge in [-0.3, -0.25) is 4.79 Å². The third-order valence-electron chi connectivity index (χ3n) is 7.43. The van der Waals surface area contributed by atoms with E-state index in [0.717, 1.165) is 35.6 Å². The van der Waals surface area contributed by atoms with Crippen LogP contribution in [0.5, 0.6) is 17.4 Å². The number of aryl methyl sites for hydroxylation is 2. The molecule has 2 N–H and O–H groups in total. The molecule has 1 aliphatic rings. The molecule has 1 aliphatic heterocycles. The summed E-state index contributed by atoms with van der Waals surface area (Å²) >= 11 is 0. The number of piperidine rings is 1. The molecule has 0 bridgehead atoms. The quantitative estimate of drug-likeness (QED) is 0.230. The topological polar surface area (TPSA) is 88.6 Å². The molecule has 0 spiro atoms. The van der Waals surface area contributed by atoms with Crippen molar-refractivity contribution >= 4 is 23.2 Å². The SMILES string of the molecule is CCOc1ccccc1Oc1nc(Nc2ccc(C3CCN(C)CC3)cc2)ncc1C(=O)Nc1c(C)cccc1C. The molecule has 1 amide bonds. The molecule has 4 aromatic rings. The minimum Gasteiger partial charge on any atom is -0.490 e. The molecular formula is C33H37N5O3. The Hall–Kier alpha value is -4.43. The standard InChI is InChI=1S/C33H37N5O3/c1-5-40-28-11-6-7-12-29(28)41-32-27(31(39)36-30-22(2)9-8-10-23(30)3)21-34-33(37-32)35-26-15-13-24(14-16-26)25-17-19-38(4)20-18-25/h6-16,21,25H,5,17-20H2,1-4H3,(H,36,39)(H,34,35,37). The molecule has 0 aliphatic carbocycles. The van der Waals surface area contributed by atoms with Crippen LogP contribution in [0.4, 0.5) is 17.3 Å². The van der Waals surface area contributed by atoms with Crippen LogP contribution in [0.25, 0.3) is 0 Å². The number of rotatable bonds is 9. The first-order chi connectivity index (χ1) is 19.9. The molecule has 1 aromatic heterocycles. The number of hydrogen-bond donors (Lipinski definition) is 2. The molecule has 1 fully saturated rings. The molecule has 2 heterocycles. The van der Waals surface area contributed by atoms with E-state index >= 15 is 0 Å². The number of nitrogens with one attached hydrogen (secondary N) is 2. The van der Waals surface area contributed by atoms with Crippen LogP contribution in [-0.4, -0.2) is 47.5 Å². The second-order valence-electron chi connectivity index (χ2n) is 10.4. The third-order valence-corrected chi connectivity index (χ3v) is 7.43. The van der Waals surface area contributed by atoms with Crippen LogP contribution in [0.1, 0.15) is 52.7 Å². The molecule has 3 aromatic carbocycles. The van der Waals surface area contributed by atoms with Gasteiger partial charge >= 0.3 is 0 Å². The van der Waals surface area contributed by atoms with Gasteiger partial charge in [0.15, 0.2) is 11.5 Å².